The van der Waals surface area contributed by atoms with E-state index in [1.165, 1.54) is 12.1 Å². The standard InChI is InChI=1S/C14H18FN3O/c1-9-4-5-10(15)8-11(9)13-17-12(19-18-13)6-7-14(2,3)16/h4-5,8H,6-7,16H2,1-3H3. The van der Waals surface area contributed by atoms with Gasteiger partial charge in [0, 0.05) is 17.5 Å². The van der Waals surface area contributed by atoms with Crippen molar-refractivity contribution >= 4 is 0 Å². The van der Waals surface area contributed by atoms with Crippen LogP contribution in [0.4, 0.5) is 4.39 Å². The summed E-state index contributed by atoms with van der Waals surface area (Å²) < 4.78 is 18.4. The Hall–Kier alpha value is -1.75. The summed E-state index contributed by atoms with van der Waals surface area (Å²) >= 11 is 0. The number of aryl methyl sites for hydroxylation is 2. The first kappa shape index (κ1) is 13.7. The van der Waals surface area contributed by atoms with Crippen LogP contribution in [-0.4, -0.2) is 15.7 Å². The van der Waals surface area contributed by atoms with E-state index in [0.29, 0.717) is 23.7 Å². The second kappa shape index (κ2) is 5.09. The number of nitrogens with two attached hydrogens (primary N) is 1. The second-order valence-electron chi connectivity index (χ2n) is 5.46. The molecule has 0 radical (unpaired) electrons. The molecule has 2 rings (SSSR count). The van der Waals surface area contributed by atoms with Crippen LogP contribution in [0, 0.1) is 12.7 Å². The lowest BCUT2D eigenvalue weighted by atomic mass is 10.0. The quantitative estimate of drug-likeness (QED) is 0.921. The van der Waals surface area contributed by atoms with Crippen molar-refractivity contribution in [1.82, 2.24) is 10.1 Å². The van der Waals surface area contributed by atoms with Crippen molar-refractivity contribution in [1.29, 1.82) is 0 Å². The lowest BCUT2D eigenvalue weighted by Crippen LogP contribution is -2.32. The number of halogens is 1. The lowest BCUT2D eigenvalue weighted by Gasteiger charge is -2.16. The van der Waals surface area contributed by atoms with Crippen LogP contribution >= 0.6 is 0 Å². The molecule has 1 heterocycles. The fourth-order valence-electron chi connectivity index (χ4n) is 1.73. The smallest absolute Gasteiger partial charge is 0.227 e. The van der Waals surface area contributed by atoms with Crippen LogP contribution < -0.4 is 5.73 Å². The van der Waals surface area contributed by atoms with E-state index in [2.05, 4.69) is 10.1 Å². The van der Waals surface area contributed by atoms with E-state index in [-0.39, 0.29) is 11.4 Å². The molecule has 0 atom stereocenters. The zero-order valence-electron chi connectivity index (χ0n) is 11.4. The number of benzene rings is 1. The maximum atomic E-state index is 13.2. The fourth-order valence-corrected chi connectivity index (χ4v) is 1.73. The van der Waals surface area contributed by atoms with Gasteiger partial charge in [-0.05, 0) is 44.9 Å². The van der Waals surface area contributed by atoms with Gasteiger partial charge in [-0.1, -0.05) is 11.2 Å². The van der Waals surface area contributed by atoms with Crippen LogP contribution in [-0.2, 0) is 6.42 Å². The molecule has 2 aromatic rings. The van der Waals surface area contributed by atoms with Gasteiger partial charge in [-0.3, -0.25) is 0 Å². The highest BCUT2D eigenvalue weighted by Crippen LogP contribution is 2.22. The summed E-state index contributed by atoms with van der Waals surface area (Å²) in [5, 5.41) is 3.90. The number of hydrogen-bond donors (Lipinski definition) is 1. The van der Waals surface area contributed by atoms with Crippen LogP contribution in [0.2, 0.25) is 0 Å². The van der Waals surface area contributed by atoms with Crippen LogP contribution in [0.25, 0.3) is 11.4 Å². The van der Waals surface area contributed by atoms with E-state index in [0.717, 1.165) is 12.0 Å². The van der Waals surface area contributed by atoms with E-state index in [9.17, 15) is 4.39 Å². The van der Waals surface area contributed by atoms with Crippen molar-refractivity contribution in [3.05, 3.63) is 35.5 Å². The Morgan fingerprint density at radius 1 is 1.37 bits per heavy atom. The van der Waals surface area contributed by atoms with Crippen LogP contribution in [0.5, 0.6) is 0 Å². The van der Waals surface area contributed by atoms with Crippen molar-refractivity contribution in [2.75, 3.05) is 0 Å². The molecule has 0 fully saturated rings. The third kappa shape index (κ3) is 3.61. The monoisotopic (exact) mass is 263 g/mol. The second-order valence-corrected chi connectivity index (χ2v) is 5.46. The number of aromatic nitrogens is 2. The fraction of sp³-hybridized carbons (Fsp3) is 0.429. The van der Waals surface area contributed by atoms with Gasteiger partial charge < -0.3 is 10.3 Å². The van der Waals surface area contributed by atoms with Gasteiger partial charge in [-0.2, -0.15) is 4.98 Å². The van der Waals surface area contributed by atoms with Crippen molar-refractivity contribution < 1.29 is 8.91 Å². The molecule has 0 spiro atoms. The molecule has 2 N–H and O–H groups in total. The summed E-state index contributed by atoms with van der Waals surface area (Å²) in [5.74, 6) is 0.633. The van der Waals surface area contributed by atoms with Crippen LogP contribution in [0.3, 0.4) is 0 Å². The van der Waals surface area contributed by atoms with E-state index in [4.69, 9.17) is 10.3 Å². The lowest BCUT2D eigenvalue weighted by molar-refractivity contribution is 0.358. The van der Waals surface area contributed by atoms with Crippen LogP contribution in [0.15, 0.2) is 22.7 Å². The van der Waals surface area contributed by atoms with Gasteiger partial charge in [-0.15, -0.1) is 0 Å². The summed E-state index contributed by atoms with van der Waals surface area (Å²) in [5.41, 5.74) is 7.20. The van der Waals surface area contributed by atoms with Crippen molar-refractivity contribution in [3.63, 3.8) is 0 Å². The Bertz CT molecular complexity index is 572. The summed E-state index contributed by atoms with van der Waals surface area (Å²) in [6.45, 7) is 5.77. The molecule has 0 saturated carbocycles. The Kier molecular flexibility index (Phi) is 3.66. The molecule has 1 aromatic carbocycles. The molecule has 0 bridgehead atoms. The minimum Gasteiger partial charge on any atom is -0.339 e. The Balaban J connectivity index is 2.19. The van der Waals surface area contributed by atoms with Crippen LogP contribution in [0.1, 0.15) is 31.7 Å². The average Bonchev–Trinajstić information content (AvgIpc) is 2.77. The molecule has 0 aliphatic carbocycles. The van der Waals surface area contributed by atoms with Gasteiger partial charge in [0.25, 0.3) is 0 Å². The zero-order valence-corrected chi connectivity index (χ0v) is 11.4. The van der Waals surface area contributed by atoms with Gasteiger partial charge in [0.2, 0.25) is 11.7 Å². The van der Waals surface area contributed by atoms with Gasteiger partial charge in [-0.25, -0.2) is 4.39 Å². The molecular formula is C14H18FN3O. The molecule has 19 heavy (non-hydrogen) atoms. The third-order valence-corrected chi connectivity index (χ3v) is 2.89. The first-order chi connectivity index (χ1) is 8.85. The minimum absolute atomic E-state index is 0.274. The molecule has 1 aromatic heterocycles. The van der Waals surface area contributed by atoms with E-state index < -0.39 is 0 Å². The largest absolute Gasteiger partial charge is 0.339 e. The zero-order chi connectivity index (χ0) is 14.0. The minimum atomic E-state index is -0.310. The first-order valence-electron chi connectivity index (χ1n) is 6.23. The molecule has 0 aliphatic rings. The topological polar surface area (TPSA) is 64.9 Å². The van der Waals surface area contributed by atoms with E-state index in [1.807, 2.05) is 20.8 Å². The van der Waals surface area contributed by atoms with Crippen molar-refractivity contribution in [2.45, 2.75) is 39.2 Å². The highest BCUT2D eigenvalue weighted by atomic mass is 19.1. The van der Waals surface area contributed by atoms with E-state index in [1.54, 1.807) is 6.07 Å². The first-order valence-corrected chi connectivity index (χ1v) is 6.23. The van der Waals surface area contributed by atoms with Gasteiger partial charge in [0.05, 0.1) is 0 Å². The molecular weight excluding hydrogens is 245 g/mol. The number of nitrogens with zero attached hydrogens (tertiary/aromatic N) is 2. The van der Waals surface area contributed by atoms with Gasteiger partial charge in [0.1, 0.15) is 5.82 Å². The summed E-state index contributed by atoms with van der Waals surface area (Å²) in [6, 6.07) is 4.53. The number of hydrogen-bond acceptors (Lipinski definition) is 4. The predicted molar refractivity (Wildman–Crippen MR) is 71.0 cm³/mol. The summed E-state index contributed by atoms with van der Waals surface area (Å²) in [4.78, 5) is 4.29. The van der Waals surface area contributed by atoms with Crippen molar-refractivity contribution in [2.24, 2.45) is 5.73 Å². The maximum absolute atomic E-state index is 13.2. The highest BCUT2D eigenvalue weighted by molar-refractivity contribution is 5.59. The highest BCUT2D eigenvalue weighted by Gasteiger charge is 2.15. The average molecular weight is 263 g/mol. The van der Waals surface area contributed by atoms with Crippen molar-refractivity contribution in [3.8, 4) is 11.4 Å². The molecule has 5 heteroatoms. The molecule has 0 saturated heterocycles. The Morgan fingerprint density at radius 3 is 2.79 bits per heavy atom. The van der Waals surface area contributed by atoms with Gasteiger partial charge in [0.15, 0.2) is 0 Å². The Labute approximate surface area is 111 Å². The normalized spacial score (nSPS) is 11.8. The summed E-state index contributed by atoms with van der Waals surface area (Å²) in [6.07, 6.45) is 1.36. The van der Waals surface area contributed by atoms with Gasteiger partial charge >= 0.3 is 0 Å². The SMILES string of the molecule is Cc1ccc(F)cc1-c1noc(CCC(C)(C)N)n1. The molecule has 4 nitrogen and oxygen atoms in total. The maximum Gasteiger partial charge on any atom is 0.227 e. The molecule has 0 amide bonds. The molecule has 102 valence electrons. The molecule has 0 aliphatic heterocycles. The predicted octanol–water partition coefficient (Wildman–Crippen LogP) is 2.85. The summed E-state index contributed by atoms with van der Waals surface area (Å²) in [7, 11) is 0. The van der Waals surface area contributed by atoms with E-state index >= 15 is 0 Å². The molecule has 0 unspecified atom stereocenters. The Morgan fingerprint density at radius 2 is 2.11 bits per heavy atom. The number of rotatable bonds is 4. The third-order valence-electron chi connectivity index (χ3n) is 2.89.